The van der Waals surface area contributed by atoms with Gasteiger partial charge in [-0.3, -0.25) is 4.79 Å². The maximum atomic E-state index is 11.2. The van der Waals surface area contributed by atoms with Crippen molar-refractivity contribution in [3.63, 3.8) is 0 Å². The van der Waals surface area contributed by atoms with Gasteiger partial charge in [0.05, 0.1) is 7.11 Å². The zero-order valence-corrected chi connectivity index (χ0v) is 11.6. The number of hydrogen-bond acceptors (Lipinski definition) is 4. The summed E-state index contributed by atoms with van der Waals surface area (Å²) in [6, 6.07) is 5.77. The van der Waals surface area contributed by atoms with E-state index in [-0.39, 0.29) is 10.8 Å². The number of methoxy groups -OCH3 is 1. The largest absolute Gasteiger partial charge is 0.468 e. The van der Waals surface area contributed by atoms with Crippen LogP contribution in [0.3, 0.4) is 0 Å². The number of esters is 1. The second-order valence-electron chi connectivity index (χ2n) is 3.27. The van der Waals surface area contributed by atoms with Crippen LogP contribution in [0.15, 0.2) is 23.1 Å². The van der Waals surface area contributed by atoms with Crippen LogP contribution in [-0.2, 0) is 9.53 Å². The predicted molar refractivity (Wildman–Crippen MR) is 71.0 cm³/mol. The van der Waals surface area contributed by atoms with Crippen molar-refractivity contribution in [1.82, 2.24) is 0 Å². The number of carbonyl (C=O) groups excluding carboxylic acids is 1. The molecule has 0 aliphatic heterocycles. The van der Waals surface area contributed by atoms with Gasteiger partial charge in [0.15, 0.2) is 0 Å². The number of ether oxygens (including phenoxy) is 1. The molecule has 1 unspecified atom stereocenters. The number of carbonyl (C=O) groups is 1. The first-order valence-corrected chi connectivity index (χ1v) is 6.66. The van der Waals surface area contributed by atoms with E-state index < -0.39 is 0 Å². The molecule has 0 saturated carbocycles. The monoisotopic (exact) mass is 303 g/mol. The van der Waals surface area contributed by atoms with E-state index in [1.54, 1.807) is 11.8 Å². The van der Waals surface area contributed by atoms with Crippen molar-refractivity contribution in [1.29, 1.82) is 0 Å². The van der Waals surface area contributed by atoms with Crippen molar-refractivity contribution < 1.29 is 9.53 Å². The highest BCUT2D eigenvalue weighted by Crippen LogP contribution is 2.27. The lowest BCUT2D eigenvalue weighted by Crippen LogP contribution is -2.17. The number of halogens is 1. The molecule has 1 aromatic carbocycles. The zero-order chi connectivity index (χ0) is 12.1. The third-order valence-corrected chi connectivity index (χ3v) is 4.55. The van der Waals surface area contributed by atoms with E-state index in [1.807, 2.05) is 25.1 Å². The first kappa shape index (κ1) is 13.4. The highest BCUT2D eigenvalue weighted by molar-refractivity contribution is 9.10. The minimum Gasteiger partial charge on any atom is -0.468 e. The Balaban J connectivity index is 2.61. The maximum absolute atomic E-state index is 11.2. The molecule has 0 spiro atoms. The van der Waals surface area contributed by atoms with Crippen molar-refractivity contribution in [3.05, 3.63) is 23.8 Å². The van der Waals surface area contributed by atoms with Gasteiger partial charge in [-0.05, 0) is 24.6 Å². The molecule has 16 heavy (non-hydrogen) atoms. The molecule has 0 aromatic heterocycles. The van der Waals surface area contributed by atoms with Gasteiger partial charge in [-0.25, -0.2) is 0 Å². The topological polar surface area (TPSA) is 52.3 Å². The highest BCUT2D eigenvalue weighted by atomic mass is 79.9. The number of thioether (sulfide) groups is 1. The molecular weight excluding hydrogens is 290 g/mol. The molecule has 0 fully saturated rings. The van der Waals surface area contributed by atoms with E-state index in [0.29, 0.717) is 5.75 Å². The highest BCUT2D eigenvalue weighted by Gasteiger charge is 2.15. The van der Waals surface area contributed by atoms with Crippen LogP contribution in [0, 0.1) is 6.92 Å². The summed E-state index contributed by atoms with van der Waals surface area (Å²) in [5, 5.41) is 0. The lowest BCUT2D eigenvalue weighted by molar-refractivity contribution is -0.139. The summed E-state index contributed by atoms with van der Waals surface area (Å²) < 4.78 is 4.63. The number of hydrogen-bond donors (Lipinski definition) is 1. The van der Waals surface area contributed by atoms with Crippen molar-refractivity contribution >= 4 is 39.3 Å². The van der Waals surface area contributed by atoms with E-state index >= 15 is 0 Å². The molecule has 5 heteroatoms. The van der Waals surface area contributed by atoms with Crippen molar-refractivity contribution in [2.45, 2.75) is 16.6 Å². The Kier molecular flexibility index (Phi) is 5.15. The van der Waals surface area contributed by atoms with Gasteiger partial charge >= 0.3 is 5.97 Å². The maximum Gasteiger partial charge on any atom is 0.320 e. The van der Waals surface area contributed by atoms with Crippen LogP contribution in [0.1, 0.15) is 5.56 Å². The number of nitrogens with two attached hydrogens (primary N) is 1. The van der Waals surface area contributed by atoms with Crippen LogP contribution in [-0.4, -0.2) is 23.7 Å². The number of benzene rings is 1. The summed E-state index contributed by atoms with van der Waals surface area (Å²) in [5.41, 5.74) is 7.62. The van der Waals surface area contributed by atoms with Gasteiger partial charge < -0.3 is 10.5 Å². The molecule has 0 aliphatic carbocycles. The standard InChI is InChI=1S/C11H14BrNO2S/c1-7-9(13)4-3-5-10(7)16-6-8(12)11(14)15-2/h3-5,8H,6,13H2,1-2H3. The van der Waals surface area contributed by atoms with Crippen molar-refractivity contribution in [3.8, 4) is 0 Å². The summed E-state index contributed by atoms with van der Waals surface area (Å²) in [4.78, 5) is 12.0. The summed E-state index contributed by atoms with van der Waals surface area (Å²) in [6.45, 7) is 1.97. The first-order valence-electron chi connectivity index (χ1n) is 4.76. The molecule has 1 rings (SSSR count). The average Bonchev–Trinajstić information content (AvgIpc) is 2.29. The molecule has 3 nitrogen and oxygen atoms in total. The van der Waals surface area contributed by atoms with Gasteiger partial charge in [-0.1, -0.05) is 22.0 Å². The average molecular weight is 304 g/mol. The number of rotatable bonds is 4. The van der Waals surface area contributed by atoms with Crippen LogP contribution in [0.4, 0.5) is 5.69 Å². The second kappa shape index (κ2) is 6.15. The Morgan fingerprint density at radius 3 is 2.94 bits per heavy atom. The summed E-state index contributed by atoms with van der Waals surface area (Å²) in [5.74, 6) is 0.366. The Hall–Kier alpha value is -0.680. The van der Waals surface area contributed by atoms with Crippen molar-refractivity contribution in [2.24, 2.45) is 0 Å². The molecular formula is C11H14BrNO2S. The van der Waals surface area contributed by atoms with Crippen LogP contribution in [0.25, 0.3) is 0 Å². The van der Waals surface area contributed by atoms with Gasteiger partial charge in [-0.2, -0.15) is 0 Å². The van der Waals surface area contributed by atoms with Gasteiger partial charge in [0, 0.05) is 16.3 Å². The van der Waals surface area contributed by atoms with Gasteiger partial charge in [0.25, 0.3) is 0 Å². The van der Waals surface area contributed by atoms with Gasteiger partial charge in [-0.15, -0.1) is 11.8 Å². The number of nitrogen functional groups attached to an aromatic ring is 1. The third-order valence-electron chi connectivity index (χ3n) is 2.17. The molecule has 1 atom stereocenters. The molecule has 0 bridgehead atoms. The van der Waals surface area contributed by atoms with E-state index in [9.17, 15) is 4.79 Å². The van der Waals surface area contributed by atoms with Crippen LogP contribution in [0.2, 0.25) is 0 Å². The Morgan fingerprint density at radius 1 is 1.62 bits per heavy atom. The normalized spacial score (nSPS) is 12.2. The minimum absolute atomic E-state index is 0.256. The first-order chi connectivity index (χ1) is 7.56. The molecule has 0 saturated heterocycles. The molecule has 88 valence electrons. The summed E-state index contributed by atoms with van der Waals surface area (Å²) in [7, 11) is 1.38. The SMILES string of the molecule is COC(=O)C(Br)CSc1cccc(N)c1C. The van der Waals surface area contributed by atoms with Crippen LogP contribution < -0.4 is 5.73 Å². The fraction of sp³-hybridized carbons (Fsp3) is 0.364. The van der Waals surface area contributed by atoms with E-state index in [0.717, 1.165) is 16.1 Å². The fourth-order valence-electron chi connectivity index (χ4n) is 1.15. The third kappa shape index (κ3) is 3.42. The lowest BCUT2D eigenvalue weighted by atomic mass is 10.2. The Labute approximate surface area is 108 Å². The lowest BCUT2D eigenvalue weighted by Gasteiger charge is -2.10. The summed E-state index contributed by atoms with van der Waals surface area (Å²) >= 11 is 4.86. The molecule has 0 radical (unpaired) electrons. The molecule has 1 aromatic rings. The number of anilines is 1. The van der Waals surface area contributed by atoms with E-state index in [2.05, 4.69) is 20.7 Å². The zero-order valence-electron chi connectivity index (χ0n) is 9.20. The van der Waals surface area contributed by atoms with Gasteiger partial charge in [0.2, 0.25) is 0 Å². The Bertz CT molecular complexity index is 384. The van der Waals surface area contributed by atoms with Crippen molar-refractivity contribution in [2.75, 3.05) is 18.6 Å². The molecule has 0 amide bonds. The predicted octanol–water partition coefficient (Wildman–Crippen LogP) is 2.61. The van der Waals surface area contributed by atoms with E-state index in [1.165, 1.54) is 7.11 Å². The minimum atomic E-state index is -0.289. The summed E-state index contributed by atoms with van der Waals surface area (Å²) in [6.07, 6.45) is 0. The van der Waals surface area contributed by atoms with Gasteiger partial charge in [0.1, 0.15) is 4.83 Å². The molecule has 0 aliphatic rings. The second-order valence-corrected chi connectivity index (χ2v) is 5.44. The Morgan fingerprint density at radius 2 is 2.31 bits per heavy atom. The fourth-order valence-corrected chi connectivity index (χ4v) is 2.70. The molecule has 2 N–H and O–H groups in total. The van der Waals surface area contributed by atoms with E-state index in [4.69, 9.17) is 5.73 Å². The molecule has 0 heterocycles. The quantitative estimate of drug-likeness (QED) is 0.402. The van der Waals surface area contributed by atoms with Crippen LogP contribution in [0.5, 0.6) is 0 Å². The smallest absolute Gasteiger partial charge is 0.320 e. The van der Waals surface area contributed by atoms with Crippen LogP contribution >= 0.6 is 27.7 Å². The number of alkyl halides is 1.